The molecule has 0 spiro atoms. The lowest BCUT2D eigenvalue weighted by atomic mass is 10.3. The van der Waals surface area contributed by atoms with Gasteiger partial charge < -0.3 is 20.7 Å². The average Bonchev–Trinajstić information content (AvgIpc) is 3.09. The molecule has 1 aliphatic heterocycles. The number of morpholine rings is 1. The first kappa shape index (κ1) is 24.1. The summed E-state index contributed by atoms with van der Waals surface area (Å²) in [5.74, 6) is 0.719. The number of guanidine groups is 1. The van der Waals surface area contributed by atoms with E-state index in [0.29, 0.717) is 18.0 Å². The van der Waals surface area contributed by atoms with E-state index in [1.165, 1.54) is 11.3 Å². The van der Waals surface area contributed by atoms with Crippen molar-refractivity contribution in [3.8, 4) is 0 Å². The molecule has 1 aromatic heterocycles. The Kier molecular flexibility index (Phi) is 12.5. The fraction of sp³-hybridized carbons (Fsp3) is 0.706. The number of rotatable bonds is 9. The summed E-state index contributed by atoms with van der Waals surface area (Å²) < 4.78 is 5.36. The first-order chi connectivity index (χ1) is 12.7. The molecule has 3 N–H and O–H groups in total. The number of halogens is 1. The fourth-order valence-corrected chi connectivity index (χ4v) is 3.33. The first-order valence-electron chi connectivity index (χ1n) is 9.21. The zero-order chi connectivity index (χ0) is 18.6. The smallest absolute Gasteiger partial charge is 0.263 e. The van der Waals surface area contributed by atoms with Gasteiger partial charge in [0.2, 0.25) is 0 Å². The molecule has 154 valence electrons. The fourth-order valence-electron chi connectivity index (χ4n) is 2.61. The highest BCUT2D eigenvalue weighted by molar-refractivity contribution is 14.0. The van der Waals surface area contributed by atoms with Crippen LogP contribution in [0.25, 0.3) is 0 Å². The molecule has 8 nitrogen and oxygen atoms in total. The van der Waals surface area contributed by atoms with Crippen molar-refractivity contribution >= 4 is 47.2 Å². The molecule has 10 heteroatoms. The maximum atomic E-state index is 12.0. The Hall–Kier alpha value is -0.980. The molecule has 1 aromatic rings. The number of ether oxygens (including phenoxy) is 1. The minimum atomic E-state index is -0.0701. The number of nitrogens with zero attached hydrogens (tertiary/aromatic N) is 3. The Morgan fingerprint density at radius 3 is 2.70 bits per heavy atom. The largest absolute Gasteiger partial charge is 0.379 e. The normalized spacial score (nSPS) is 15.1. The van der Waals surface area contributed by atoms with Gasteiger partial charge in [-0.05, 0) is 20.3 Å². The van der Waals surface area contributed by atoms with Crippen LogP contribution in [-0.4, -0.2) is 80.8 Å². The third kappa shape index (κ3) is 9.17. The molecule has 0 aliphatic carbocycles. The molecule has 1 amide bonds. The van der Waals surface area contributed by atoms with Crippen LogP contribution in [0, 0.1) is 6.92 Å². The van der Waals surface area contributed by atoms with E-state index in [1.54, 1.807) is 5.51 Å². The number of aliphatic imine (C=N–C) groups is 1. The van der Waals surface area contributed by atoms with Gasteiger partial charge in [0.25, 0.3) is 5.91 Å². The van der Waals surface area contributed by atoms with Crippen LogP contribution in [0.2, 0.25) is 0 Å². The predicted octanol–water partition coefficient (Wildman–Crippen LogP) is 1.08. The molecule has 1 fully saturated rings. The number of hydrogen-bond acceptors (Lipinski definition) is 6. The second kappa shape index (κ2) is 14.1. The van der Waals surface area contributed by atoms with Crippen molar-refractivity contribution in [3.05, 3.63) is 16.1 Å². The zero-order valence-corrected chi connectivity index (χ0v) is 19.3. The van der Waals surface area contributed by atoms with Crippen molar-refractivity contribution < 1.29 is 9.53 Å². The number of thiazole rings is 1. The van der Waals surface area contributed by atoms with Crippen LogP contribution in [0.15, 0.2) is 10.5 Å². The molecule has 0 saturated carbocycles. The molecule has 2 heterocycles. The second-order valence-corrected chi connectivity index (χ2v) is 6.87. The maximum Gasteiger partial charge on any atom is 0.263 e. The lowest BCUT2D eigenvalue weighted by Crippen LogP contribution is -2.41. The summed E-state index contributed by atoms with van der Waals surface area (Å²) in [6.45, 7) is 11.4. The Labute approximate surface area is 182 Å². The third-order valence-corrected chi connectivity index (χ3v) is 4.93. The van der Waals surface area contributed by atoms with Crippen molar-refractivity contribution in [2.24, 2.45) is 4.99 Å². The molecule has 0 radical (unpaired) electrons. The van der Waals surface area contributed by atoms with Crippen LogP contribution < -0.4 is 16.0 Å². The van der Waals surface area contributed by atoms with Crippen molar-refractivity contribution in [1.29, 1.82) is 0 Å². The predicted molar refractivity (Wildman–Crippen MR) is 120 cm³/mol. The molecular formula is C17H31IN6O2S. The number of carbonyl (C=O) groups excluding carboxylic acids is 1. The Morgan fingerprint density at radius 1 is 1.30 bits per heavy atom. The molecular weight excluding hydrogens is 479 g/mol. The highest BCUT2D eigenvalue weighted by atomic mass is 127. The van der Waals surface area contributed by atoms with Crippen LogP contribution in [0.1, 0.15) is 28.7 Å². The average molecular weight is 510 g/mol. The molecule has 2 rings (SSSR count). The lowest BCUT2D eigenvalue weighted by Gasteiger charge is -2.26. The summed E-state index contributed by atoms with van der Waals surface area (Å²) in [7, 11) is 0. The molecule has 0 aromatic carbocycles. The SMILES string of the molecule is CCNC(=NCCCN1CCOCC1)NCCNC(=O)c1scnc1C.I. The molecule has 27 heavy (non-hydrogen) atoms. The van der Waals surface area contributed by atoms with Gasteiger partial charge in [0.1, 0.15) is 4.88 Å². The maximum absolute atomic E-state index is 12.0. The van der Waals surface area contributed by atoms with Crippen molar-refractivity contribution in [3.63, 3.8) is 0 Å². The molecule has 0 atom stereocenters. The van der Waals surface area contributed by atoms with E-state index in [9.17, 15) is 4.79 Å². The Bertz CT molecular complexity index is 578. The van der Waals surface area contributed by atoms with Crippen molar-refractivity contribution in [2.75, 3.05) is 59.0 Å². The van der Waals surface area contributed by atoms with Gasteiger partial charge in [0.05, 0.1) is 24.4 Å². The number of aryl methyl sites for hydroxylation is 1. The van der Waals surface area contributed by atoms with E-state index in [-0.39, 0.29) is 29.9 Å². The van der Waals surface area contributed by atoms with E-state index < -0.39 is 0 Å². The molecule has 0 unspecified atom stereocenters. The van der Waals surface area contributed by atoms with Crippen molar-refractivity contribution in [1.82, 2.24) is 25.8 Å². The minimum Gasteiger partial charge on any atom is -0.379 e. The van der Waals surface area contributed by atoms with Gasteiger partial charge in [-0.1, -0.05) is 0 Å². The van der Waals surface area contributed by atoms with E-state index in [0.717, 1.165) is 64.0 Å². The summed E-state index contributed by atoms with van der Waals surface area (Å²) >= 11 is 1.36. The summed E-state index contributed by atoms with van der Waals surface area (Å²) in [4.78, 5) is 23.8. The summed E-state index contributed by atoms with van der Waals surface area (Å²) in [6.07, 6.45) is 1.03. The lowest BCUT2D eigenvalue weighted by molar-refractivity contribution is 0.0377. The Balaban J connectivity index is 0.00000364. The van der Waals surface area contributed by atoms with Gasteiger partial charge >= 0.3 is 0 Å². The molecule has 0 bridgehead atoms. The quantitative estimate of drug-likeness (QED) is 0.199. The summed E-state index contributed by atoms with van der Waals surface area (Å²) in [5, 5.41) is 9.38. The van der Waals surface area contributed by atoms with E-state index in [1.807, 2.05) is 13.8 Å². The van der Waals surface area contributed by atoms with Gasteiger partial charge in [-0.15, -0.1) is 35.3 Å². The van der Waals surface area contributed by atoms with Crippen LogP contribution in [-0.2, 0) is 4.74 Å². The van der Waals surface area contributed by atoms with Gasteiger partial charge in [0.15, 0.2) is 5.96 Å². The second-order valence-electron chi connectivity index (χ2n) is 6.02. The standard InChI is InChI=1S/C17H30N6O2S.HI/c1-3-18-17(20-5-4-8-23-9-11-25-12-10-23)21-7-6-19-16(24)15-14(2)22-13-26-15;/h13H,3-12H2,1-2H3,(H,19,24)(H2,18,20,21);1H. The monoisotopic (exact) mass is 510 g/mol. The topological polar surface area (TPSA) is 90.9 Å². The van der Waals surface area contributed by atoms with E-state index >= 15 is 0 Å². The summed E-state index contributed by atoms with van der Waals surface area (Å²) in [5.41, 5.74) is 2.46. The zero-order valence-electron chi connectivity index (χ0n) is 16.1. The Morgan fingerprint density at radius 2 is 2.04 bits per heavy atom. The highest BCUT2D eigenvalue weighted by Gasteiger charge is 2.11. The molecule has 1 saturated heterocycles. The van der Waals surface area contributed by atoms with Gasteiger partial charge in [-0.3, -0.25) is 14.7 Å². The first-order valence-corrected chi connectivity index (χ1v) is 10.1. The van der Waals surface area contributed by atoms with Crippen LogP contribution in [0.5, 0.6) is 0 Å². The number of hydrogen-bond donors (Lipinski definition) is 3. The number of aromatic nitrogens is 1. The van der Waals surface area contributed by atoms with Crippen LogP contribution in [0.4, 0.5) is 0 Å². The molecule has 1 aliphatic rings. The minimum absolute atomic E-state index is 0. The third-order valence-electron chi connectivity index (χ3n) is 4.01. The number of nitrogens with one attached hydrogen (secondary N) is 3. The van der Waals surface area contributed by atoms with E-state index in [2.05, 4.69) is 30.8 Å². The van der Waals surface area contributed by atoms with Crippen LogP contribution in [0.3, 0.4) is 0 Å². The summed E-state index contributed by atoms with van der Waals surface area (Å²) in [6, 6.07) is 0. The van der Waals surface area contributed by atoms with Crippen molar-refractivity contribution in [2.45, 2.75) is 20.3 Å². The van der Waals surface area contributed by atoms with Gasteiger partial charge in [0, 0.05) is 45.8 Å². The van der Waals surface area contributed by atoms with Gasteiger partial charge in [-0.25, -0.2) is 4.98 Å². The number of amides is 1. The highest BCUT2D eigenvalue weighted by Crippen LogP contribution is 2.11. The number of carbonyl (C=O) groups is 1. The van der Waals surface area contributed by atoms with Gasteiger partial charge in [-0.2, -0.15) is 0 Å². The van der Waals surface area contributed by atoms with Crippen LogP contribution >= 0.6 is 35.3 Å². The van der Waals surface area contributed by atoms with E-state index in [4.69, 9.17) is 4.74 Å².